The molecule has 4 aliphatic rings. The van der Waals surface area contributed by atoms with Gasteiger partial charge < -0.3 is 4.74 Å². The van der Waals surface area contributed by atoms with Crippen molar-refractivity contribution in [2.75, 3.05) is 0 Å². The maximum atomic E-state index is 12.3. The molecule has 1 saturated carbocycles. The van der Waals surface area contributed by atoms with Crippen molar-refractivity contribution in [3.8, 4) is 0 Å². The second kappa shape index (κ2) is 6.16. The largest absolute Gasteiger partial charge is 0.489 e. The summed E-state index contributed by atoms with van der Waals surface area (Å²) in [5.74, 6) is 1.65. The van der Waals surface area contributed by atoms with Gasteiger partial charge in [-0.2, -0.15) is 0 Å². The van der Waals surface area contributed by atoms with Gasteiger partial charge in [-0.1, -0.05) is 25.1 Å². The van der Waals surface area contributed by atoms with E-state index < -0.39 is 0 Å². The van der Waals surface area contributed by atoms with Gasteiger partial charge in [0.15, 0.2) is 5.78 Å². The van der Waals surface area contributed by atoms with Gasteiger partial charge in [-0.05, 0) is 66.0 Å². The molecular formula is C26H25NO2. The van der Waals surface area contributed by atoms with E-state index in [-0.39, 0.29) is 17.3 Å². The Morgan fingerprint density at radius 1 is 1.14 bits per heavy atom. The number of pyridine rings is 1. The average Bonchev–Trinajstić information content (AvgIpc) is 3.10. The summed E-state index contributed by atoms with van der Waals surface area (Å²) in [5.41, 5.74) is 5.06. The van der Waals surface area contributed by atoms with Crippen LogP contribution in [-0.2, 0) is 9.53 Å². The fraction of sp³-hybridized carbons (Fsp3) is 0.385. The summed E-state index contributed by atoms with van der Waals surface area (Å²) in [6, 6.07) is 8.82. The maximum Gasteiger partial charge on any atom is 0.166 e. The second-order valence-corrected chi connectivity index (χ2v) is 9.19. The Balaban J connectivity index is 1.35. The first-order valence-corrected chi connectivity index (χ1v) is 10.8. The number of ether oxygens (including phenoxy) is 1. The SMILES string of the molecule is C[C@]12CCC3=CC4=C(CCCC4=O)O[C@H]3[C@@H]1CC=C2c1ccc2ccncc2c1. The first-order chi connectivity index (χ1) is 14.1. The fourth-order valence-corrected chi connectivity index (χ4v) is 5.99. The molecule has 1 fully saturated rings. The van der Waals surface area contributed by atoms with Crippen LogP contribution in [0.3, 0.4) is 0 Å². The van der Waals surface area contributed by atoms with Gasteiger partial charge in [0.05, 0.1) is 5.57 Å². The Labute approximate surface area is 171 Å². The number of hydrogen-bond acceptors (Lipinski definition) is 3. The highest BCUT2D eigenvalue weighted by molar-refractivity contribution is 5.99. The van der Waals surface area contributed by atoms with Crippen LogP contribution in [0.25, 0.3) is 16.3 Å². The summed E-state index contributed by atoms with van der Waals surface area (Å²) >= 11 is 0. The Kier molecular flexibility index (Phi) is 3.65. The van der Waals surface area contributed by atoms with E-state index in [1.165, 1.54) is 27.5 Å². The molecule has 3 nitrogen and oxygen atoms in total. The van der Waals surface area contributed by atoms with E-state index in [0.717, 1.165) is 43.4 Å². The van der Waals surface area contributed by atoms with Crippen LogP contribution in [0.1, 0.15) is 51.0 Å². The molecule has 1 aromatic carbocycles. The van der Waals surface area contributed by atoms with Crippen molar-refractivity contribution in [1.82, 2.24) is 4.98 Å². The zero-order valence-electron chi connectivity index (χ0n) is 16.8. The minimum atomic E-state index is 0.106. The molecule has 3 heteroatoms. The first-order valence-electron chi connectivity index (χ1n) is 10.8. The van der Waals surface area contributed by atoms with Gasteiger partial charge in [-0.25, -0.2) is 0 Å². The van der Waals surface area contributed by atoms with Crippen LogP contribution in [0, 0.1) is 11.3 Å². The summed E-state index contributed by atoms with van der Waals surface area (Å²) in [6.07, 6.45) is 14.2. The van der Waals surface area contributed by atoms with Crippen molar-refractivity contribution in [2.24, 2.45) is 11.3 Å². The molecule has 0 spiro atoms. The van der Waals surface area contributed by atoms with E-state index >= 15 is 0 Å². The highest BCUT2D eigenvalue weighted by Gasteiger charge is 2.51. The van der Waals surface area contributed by atoms with Gasteiger partial charge >= 0.3 is 0 Å². The summed E-state index contributed by atoms with van der Waals surface area (Å²) in [5, 5.41) is 2.42. The van der Waals surface area contributed by atoms with Crippen LogP contribution >= 0.6 is 0 Å². The quantitative estimate of drug-likeness (QED) is 0.627. The molecule has 2 aromatic rings. The number of benzene rings is 1. The number of allylic oxidation sites excluding steroid dienone is 5. The number of rotatable bonds is 1. The predicted molar refractivity (Wildman–Crippen MR) is 114 cm³/mol. The number of hydrogen-bond donors (Lipinski definition) is 0. The summed E-state index contributed by atoms with van der Waals surface area (Å²) in [6.45, 7) is 2.42. The fourth-order valence-electron chi connectivity index (χ4n) is 5.99. The minimum absolute atomic E-state index is 0.106. The van der Waals surface area contributed by atoms with Crippen LogP contribution in [0.2, 0.25) is 0 Å². The molecule has 0 radical (unpaired) electrons. The Morgan fingerprint density at radius 2 is 2.07 bits per heavy atom. The van der Waals surface area contributed by atoms with E-state index in [2.05, 4.69) is 48.3 Å². The van der Waals surface area contributed by atoms with E-state index in [1.54, 1.807) is 0 Å². The third-order valence-electron chi connectivity index (χ3n) is 7.63. The zero-order chi connectivity index (χ0) is 19.6. The van der Waals surface area contributed by atoms with E-state index in [0.29, 0.717) is 12.3 Å². The third-order valence-corrected chi connectivity index (χ3v) is 7.63. The molecule has 0 saturated heterocycles. The van der Waals surface area contributed by atoms with Gasteiger partial charge in [-0.15, -0.1) is 0 Å². The molecule has 0 amide bonds. The monoisotopic (exact) mass is 383 g/mol. The Bertz CT molecular complexity index is 1140. The molecule has 1 aliphatic heterocycles. The van der Waals surface area contributed by atoms with Crippen LogP contribution in [-0.4, -0.2) is 16.9 Å². The number of fused-ring (bicyclic) bond motifs is 4. The number of aromatic nitrogens is 1. The van der Waals surface area contributed by atoms with Crippen LogP contribution in [0.5, 0.6) is 0 Å². The summed E-state index contributed by atoms with van der Waals surface area (Å²) in [4.78, 5) is 16.6. The number of carbonyl (C=O) groups is 1. The van der Waals surface area contributed by atoms with Crippen LogP contribution in [0.15, 0.2) is 65.7 Å². The van der Waals surface area contributed by atoms with E-state index in [4.69, 9.17) is 4.74 Å². The molecule has 29 heavy (non-hydrogen) atoms. The molecule has 0 N–H and O–H groups in total. The molecule has 3 atom stereocenters. The van der Waals surface area contributed by atoms with E-state index in [9.17, 15) is 4.79 Å². The standard InChI is InChI=1S/C26H25NO2/c1-26-11-9-18-14-20-23(28)3-2-4-24(20)29-25(18)22(26)8-7-21(26)17-6-5-16-10-12-27-15-19(16)13-17/h5-7,10,12-15,22,25H,2-4,8-9,11H2,1H3/t22-,25+,26+/m0/s1. The van der Waals surface area contributed by atoms with Crippen molar-refractivity contribution in [2.45, 2.75) is 51.6 Å². The lowest BCUT2D eigenvalue weighted by Gasteiger charge is -2.47. The number of Topliss-reactive ketones (excluding diaryl/α,β-unsaturated/α-hetero) is 1. The lowest BCUT2D eigenvalue weighted by Crippen LogP contribution is -2.42. The first kappa shape index (κ1) is 17.2. The highest BCUT2D eigenvalue weighted by atomic mass is 16.5. The van der Waals surface area contributed by atoms with Gasteiger partial charge in [0.25, 0.3) is 0 Å². The lowest BCUT2D eigenvalue weighted by molar-refractivity contribution is -0.116. The molecule has 6 rings (SSSR count). The van der Waals surface area contributed by atoms with Crippen LogP contribution in [0.4, 0.5) is 0 Å². The molecule has 1 aromatic heterocycles. The van der Waals surface area contributed by atoms with Crippen molar-refractivity contribution < 1.29 is 9.53 Å². The molecule has 3 aliphatic carbocycles. The van der Waals surface area contributed by atoms with Gasteiger partial charge in [-0.3, -0.25) is 9.78 Å². The lowest BCUT2D eigenvalue weighted by atomic mass is 9.62. The second-order valence-electron chi connectivity index (χ2n) is 9.19. The molecule has 146 valence electrons. The maximum absolute atomic E-state index is 12.3. The molecule has 2 heterocycles. The van der Waals surface area contributed by atoms with Gasteiger partial charge in [0.2, 0.25) is 0 Å². The highest BCUT2D eigenvalue weighted by Crippen LogP contribution is 2.59. The molecule has 0 bridgehead atoms. The normalized spacial score (nSPS) is 30.9. The predicted octanol–water partition coefficient (Wildman–Crippen LogP) is 5.77. The number of nitrogens with zero attached hydrogens (tertiary/aromatic N) is 1. The smallest absolute Gasteiger partial charge is 0.166 e. The minimum Gasteiger partial charge on any atom is -0.489 e. The molecule has 0 unspecified atom stereocenters. The number of carbonyl (C=O) groups excluding carboxylic acids is 1. The van der Waals surface area contributed by atoms with Crippen molar-refractivity contribution >= 4 is 22.1 Å². The Hall–Kier alpha value is -2.68. The van der Waals surface area contributed by atoms with Gasteiger partial charge in [0, 0.05) is 42.0 Å². The topological polar surface area (TPSA) is 39.2 Å². The van der Waals surface area contributed by atoms with Crippen molar-refractivity contribution in [3.63, 3.8) is 0 Å². The third kappa shape index (κ3) is 2.49. The van der Waals surface area contributed by atoms with Crippen molar-refractivity contribution in [1.29, 1.82) is 0 Å². The zero-order valence-corrected chi connectivity index (χ0v) is 16.8. The summed E-state index contributed by atoms with van der Waals surface area (Å²) in [7, 11) is 0. The van der Waals surface area contributed by atoms with Gasteiger partial charge in [0.1, 0.15) is 11.9 Å². The summed E-state index contributed by atoms with van der Waals surface area (Å²) < 4.78 is 6.55. The average molecular weight is 383 g/mol. The van der Waals surface area contributed by atoms with E-state index in [1.807, 2.05) is 12.4 Å². The Morgan fingerprint density at radius 3 is 3.00 bits per heavy atom. The molecular weight excluding hydrogens is 358 g/mol. The van der Waals surface area contributed by atoms with Crippen LogP contribution < -0.4 is 0 Å². The van der Waals surface area contributed by atoms with Crippen molar-refractivity contribution in [3.05, 3.63) is 71.3 Å². The number of ketones is 1.